The molecule has 2 aliphatic rings. The van der Waals surface area contributed by atoms with Gasteiger partial charge in [-0.15, -0.1) is 0 Å². The van der Waals surface area contributed by atoms with E-state index in [9.17, 15) is 4.39 Å². The van der Waals surface area contributed by atoms with Crippen molar-refractivity contribution in [1.29, 1.82) is 0 Å². The van der Waals surface area contributed by atoms with E-state index in [1.54, 1.807) is 0 Å². The van der Waals surface area contributed by atoms with Crippen molar-refractivity contribution in [1.82, 2.24) is 14.9 Å². The minimum absolute atomic E-state index is 0.367. The number of hydrogen-bond acceptors (Lipinski definition) is 6. The normalized spacial score (nSPS) is 18.3. The van der Waals surface area contributed by atoms with E-state index in [4.69, 9.17) is 0 Å². The molecule has 4 rings (SSSR count). The van der Waals surface area contributed by atoms with Gasteiger partial charge in [0, 0.05) is 50.6 Å². The van der Waals surface area contributed by atoms with E-state index in [0.717, 1.165) is 44.7 Å². The van der Waals surface area contributed by atoms with E-state index >= 15 is 0 Å². The number of hydrogen-bond donors (Lipinski definition) is 1. The maximum atomic E-state index is 14.2. The highest BCUT2D eigenvalue weighted by Crippen LogP contribution is 2.29. The van der Waals surface area contributed by atoms with E-state index in [1.807, 2.05) is 24.1 Å². The highest BCUT2D eigenvalue weighted by atomic mass is 19.1. The van der Waals surface area contributed by atoms with Crippen LogP contribution in [-0.2, 0) is 0 Å². The average Bonchev–Trinajstić information content (AvgIpc) is 2.63. The predicted octanol–water partition coefficient (Wildman–Crippen LogP) is 3.10. The summed E-state index contributed by atoms with van der Waals surface area (Å²) < 4.78 is 14.2. The second-order valence-corrected chi connectivity index (χ2v) is 7.52. The first-order chi connectivity index (χ1) is 13.1. The number of nitrogens with zero attached hydrogens (tertiary/aromatic N) is 5. The average molecular weight is 370 g/mol. The quantitative estimate of drug-likeness (QED) is 0.873. The summed E-state index contributed by atoms with van der Waals surface area (Å²) in [5.41, 5.74) is 2.12. The molecule has 0 atom stereocenters. The van der Waals surface area contributed by atoms with Crippen molar-refractivity contribution in [3.8, 4) is 0 Å². The molecular weight excluding hydrogens is 343 g/mol. The molecule has 0 spiro atoms. The van der Waals surface area contributed by atoms with Gasteiger partial charge in [-0.1, -0.05) is 0 Å². The Morgan fingerprint density at radius 2 is 1.81 bits per heavy atom. The van der Waals surface area contributed by atoms with Crippen LogP contribution in [-0.4, -0.2) is 61.2 Å². The van der Waals surface area contributed by atoms with E-state index in [-0.39, 0.29) is 5.82 Å². The standard InChI is InChI=1S/C20H27FN6/c1-25-10-12-27(13-11-25)17-8-6-15(7-9-17)23-20-22-14-18(21)19(24-20)26(2)16-4-3-5-16/h6-9,14,16H,3-5,10-13H2,1-2H3,(H,22,23,24). The molecule has 0 unspecified atom stereocenters. The van der Waals surface area contributed by atoms with Gasteiger partial charge in [-0.2, -0.15) is 4.98 Å². The van der Waals surface area contributed by atoms with E-state index in [2.05, 4.69) is 44.3 Å². The Hall–Kier alpha value is -2.41. The molecule has 0 radical (unpaired) electrons. The molecule has 1 aliphatic carbocycles. The molecule has 27 heavy (non-hydrogen) atoms. The zero-order valence-corrected chi connectivity index (χ0v) is 16.0. The Balaban J connectivity index is 1.44. The van der Waals surface area contributed by atoms with E-state index in [1.165, 1.54) is 18.3 Å². The number of anilines is 4. The molecule has 1 aromatic heterocycles. The fraction of sp³-hybridized carbons (Fsp3) is 0.500. The molecule has 2 heterocycles. The third-order valence-electron chi connectivity index (χ3n) is 5.67. The first kappa shape index (κ1) is 18.0. The van der Waals surface area contributed by atoms with Gasteiger partial charge in [0.15, 0.2) is 11.6 Å². The molecule has 1 saturated heterocycles. The van der Waals surface area contributed by atoms with Crippen LogP contribution in [0.5, 0.6) is 0 Å². The Bertz CT molecular complexity index is 769. The molecule has 2 aromatic rings. The Labute approximate surface area is 160 Å². The maximum absolute atomic E-state index is 14.2. The van der Waals surface area contributed by atoms with Crippen LogP contribution in [0.2, 0.25) is 0 Å². The number of piperazine rings is 1. The molecule has 144 valence electrons. The molecule has 2 fully saturated rings. The second-order valence-electron chi connectivity index (χ2n) is 7.52. The van der Waals surface area contributed by atoms with Crippen molar-refractivity contribution in [3.63, 3.8) is 0 Å². The van der Waals surface area contributed by atoms with Gasteiger partial charge in [-0.3, -0.25) is 0 Å². The van der Waals surface area contributed by atoms with Crippen molar-refractivity contribution in [2.75, 3.05) is 55.4 Å². The molecular formula is C20H27FN6. The second kappa shape index (κ2) is 7.68. The van der Waals surface area contributed by atoms with Crippen LogP contribution in [0, 0.1) is 5.82 Å². The van der Waals surface area contributed by atoms with Crippen LogP contribution in [0.1, 0.15) is 19.3 Å². The highest BCUT2D eigenvalue weighted by Gasteiger charge is 2.25. The fourth-order valence-corrected chi connectivity index (χ4v) is 3.56. The summed E-state index contributed by atoms with van der Waals surface area (Å²) in [5.74, 6) is 0.413. The van der Waals surface area contributed by atoms with Crippen molar-refractivity contribution >= 4 is 23.1 Å². The summed E-state index contributed by atoms with van der Waals surface area (Å²) in [4.78, 5) is 15.2. The van der Waals surface area contributed by atoms with Gasteiger partial charge in [0.1, 0.15) is 0 Å². The Kier molecular flexibility index (Phi) is 5.11. The lowest BCUT2D eigenvalue weighted by atomic mass is 9.92. The lowest BCUT2D eigenvalue weighted by molar-refractivity contribution is 0.313. The van der Waals surface area contributed by atoms with E-state index < -0.39 is 0 Å². The summed E-state index contributed by atoms with van der Waals surface area (Å²) >= 11 is 0. The third kappa shape index (κ3) is 3.98. The number of halogens is 1. The fourth-order valence-electron chi connectivity index (χ4n) is 3.56. The first-order valence-electron chi connectivity index (χ1n) is 9.66. The smallest absolute Gasteiger partial charge is 0.229 e. The summed E-state index contributed by atoms with van der Waals surface area (Å²) in [6.45, 7) is 4.25. The molecule has 1 saturated carbocycles. The zero-order valence-electron chi connectivity index (χ0n) is 16.0. The monoisotopic (exact) mass is 370 g/mol. The van der Waals surface area contributed by atoms with Gasteiger partial charge in [0.25, 0.3) is 0 Å². The van der Waals surface area contributed by atoms with Crippen LogP contribution in [0.4, 0.5) is 27.5 Å². The number of likely N-dealkylation sites (N-methyl/N-ethyl adjacent to an activating group) is 1. The summed E-state index contributed by atoms with van der Waals surface area (Å²) in [5, 5.41) is 3.20. The van der Waals surface area contributed by atoms with Crippen molar-refractivity contribution in [3.05, 3.63) is 36.3 Å². The topological polar surface area (TPSA) is 47.5 Å². The molecule has 7 heteroatoms. The summed E-state index contributed by atoms with van der Waals surface area (Å²) in [7, 11) is 4.06. The van der Waals surface area contributed by atoms with Gasteiger partial charge >= 0.3 is 0 Å². The molecule has 1 N–H and O–H groups in total. The van der Waals surface area contributed by atoms with Crippen LogP contribution in [0.3, 0.4) is 0 Å². The molecule has 6 nitrogen and oxygen atoms in total. The van der Waals surface area contributed by atoms with E-state index in [0.29, 0.717) is 17.8 Å². The zero-order chi connectivity index (χ0) is 18.8. The molecule has 0 bridgehead atoms. The maximum Gasteiger partial charge on any atom is 0.229 e. The Morgan fingerprint density at radius 3 is 2.44 bits per heavy atom. The highest BCUT2D eigenvalue weighted by molar-refractivity contribution is 5.60. The minimum atomic E-state index is -0.375. The third-order valence-corrected chi connectivity index (χ3v) is 5.67. The minimum Gasteiger partial charge on any atom is -0.369 e. The van der Waals surface area contributed by atoms with Gasteiger partial charge < -0.3 is 20.0 Å². The number of benzene rings is 1. The lowest BCUT2D eigenvalue weighted by Crippen LogP contribution is -2.44. The van der Waals surface area contributed by atoms with Crippen molar-refractivity contribution in [2.24, 2.45) is 0 Å². The Morgan fingerprint density at radius 1 is 1.11 bits per heavy atom. The molecule has 0 amide bonds. The van der Waals surface area contributed by atoms with Crippen LogP contribution >= 0.6 is 0 Å². The van der Waals surface area contributed by atoms with Crippen LogP contribution < -0.4 is 15.1 Å². The first-order valence-corrected chi connectivity index (χ1v) is 9.66. The van der Waals surface area contributed by atoms with Gasteiger partial charge in [0.05, 0.1) is 6.20 Å². The molecule has 1 aliphatic heterocycles. The van der Waals surface area contributed by atoms with Crippen molar-refractivity contribution < 1.29 is 4.39 Å². The van der Waals surface area contributed by atoms with Gasteiger partial charge in [-0.05, 0) is 50.6 Å². The largest absolute Gasteiger partial charge is 0.369 e. The van der Waals surface area contributed by atoms with Crippen LogP contribution in [0.25, 0.3) is 0 Å². The number of aromatic nitrogens is 2. The predicted molar refractivity (Wildman–Crippen MR) is 107 cm³/mol. The number of rotatable bonds is 5. The summed E-state index contributed by atoms with van der Waals surface area (Å²) in [6.07, 6.45) is 4.64. The van der Waals surface area contributed by atoms with Gasteiger partial charge in [-0.25, -0.2) is 9.37 Å². The van der Waals surface area contributed by atoms with Crippen LogP contribution in [0.15, 0.2) is 30.5 Å². The molecule has 1 aromatic carbocycles. The summed E-state index contributed by atoms with van der Waals surface area (Å²) in [6, 6.07) is 8.65. The lowest BCUT2D eigenvalue weighted by Gasteiger charge is -2.35. The number of nitrogens with one attached hydrogen (secondary N) is 1. The SMILES string of the molecule is CN1CCN(c2ccc(Nc3ncc(F)c(N(C)C4CCC4)n3)cc2)CC1. The van der Waals surface area contributed by atoms with Crippen molar-refractivity contribution in [2.45, 2.75) is 25.3 Å². The van der Waals surface area contributed by atoms with Gasteiger partial charge in [0.2, 0.25) is 5.95 Å².